The molecule has 0 amide bonds. The largest absolute Gasteiger partial charge is 0.370 e. The molecule has 1 saturated heterocycles. The van der Waals surface area contributed by atoms with Gasteiger partial charge in [-0.2, -0.15) is 0 Å². The number of benzene rings is 1. The molecule has 1 aromatic carbocycles. The number of hydrogen-bond acceptors (Lipinski definition) is 2. The Labute approximate surface area is 122 Å². The second kappa shape index (κ2) is 6.15. The molecule has 106 valence electrons. The highest BCUT2D eigenvalue weighted by Gasteiger charge is 2.30. The van der Waals surface area contributed by atoms with E-state index in [1.54, 1.807) is 0 Å². The van der Waals surface area contributed by atoms with Crippen LogP contribution in [-0.4, -0.2) is 19.6 Å². The van der Waals surface area contributed by atoms with Gasteiger partial charge in [0.05, 0.1) is 10.7 Å². The van der Waals surface area contributed by atoms with Gasteiger partial charge in [0, 0.05) is 19.6 Å². The Hall–Kier alpha value is -0.730. The summed E-state index contributed by atoms with van der Waals surface area (Å²) in [4.78, 5) is 2.41. The summed E-state index contributed by atoms with van der Waals surface area (Å²) in [5.41, 5.74) is 2.86. The average Bonchev–Trinajstić information content (AvgIpc) is 2.70. The maximum absolute atomic E-state index is 6.45. The highest BCUT2D eigenvalue weighted by Crippen LogP contribution is 2.36. The number of halogens is 1. The predicted molar refractivity (Wildman–Crippen MR) is 84.1 cm³/mol. The van der Waals surface area contributed by atoms with Gasteiger partial charge in [0.1, 0.15) is 0 Å². The van der Waals surface area contributed by atoms with Gasteiger partial charge in [-0.3, -0.25) is 0 Å². The van der Waals surface area contributed by atoms with Gasteiger partial charge in [-0.25, -0.2) is 0 Å². The average molecular weight is 281 g/mol. The van der Waals surface area contributed by atoms with Crippen molar-refractivity contribution in [1.82, 2.24) is 5.32 Å². The molecule has 1 heterocycles. The van der Waals surface area contributed by atoms with E-state index in [9.17, 15) is 0 Å². The first-order valence-electron chi connectivity index (χ1n) is 7.26. The molecule has 1 aliphatic heterocycles. The third kappa shape index (κ3) is 3.87. The molecule has 1 aliphatic rings. The third-order valence-corrected chi connectivity index (χ3v) is 4.09. The minimum Gasteiger partial charge on any atom is -0.370 e. The van der Waals surface area contributed by atoms with E-state index in [1.165, 1.54) is 17.7 Å². The molecule has 0 aliphatic carbocycles. The van der Waals surface area contributed by atoms with E-state index in [-0.39, 0.29) is 0 Å². The Morgan fingerprint density at radius 1 is 1.37 bits per heavy atom. The highest BCUT2D eigenvalue weighted by molar-refractivity contribution is 6.33. The molecular formula is C16H25ClN2. The van der Waals surface area contributed by atoms with E-state index in [1.807, 2.05) is 0 Å². The van der Waals surface area contributed by atoms with Crippen LogP contribution < -0.4 is 10.2 Å². The van der Waals surface area contributed by atoms with Gasteiger partial charge in [0.25, 0.3) is 0 Å². The minimum atomic E-state index is 0.407. The SMILES string of the molecule is CCCNCc1ccc(N2CCC(C)(C)C2)c(Cl)c1. The molecule has 3 heteroatoms. The number of rotatable bonds is 5. The highest BCUT2D eigenvalue weighted by atomic mass is 35.5. The second-order valence-corrected chi connectivity index (χ2v) is 6.71. The summed E-state index contributed by atoms with van der Waals surface area (Å²) >= 11 is 6.45. The van der Waals surface area contributed by atoms with Crippen LogP contribution in [0.15, 0.2) is 18.2 Å². The van der Waals surface area contributed by atoms with Crippen LogP contribution in [0.4, 0.5) is 5.69 Å². The van der Waals surface area contributed by atoms with Gasteiger partial charge < -0.3 is 10.2 Å². The van der Waals surface area contributed by atoms with Crippen LogP contribution in [0.2, 0.25) is 5.02 Å². The number of hydrogen-bond donors (Lipinski definition) is 1. The molecular weight excluding hydrogens is 256 g/mol. The van der Waals surface area contributed by atoms with Crippen LogP contribution in [0.1, 0.15) is 39.2 Å². The smallest absolute Gasteiger partial charge is 0.0642 e. The van der Waals surface area contributed by atoms with Gasteiger partial charge in [-0.05, 0) is 42.5 Å². The fourth-order valence-electron chi connectivity index (χ4n) is 2.64. The van der Waals surface area contributed by atoms with Crippen LogP contribution in [-0.2, 0) is 6.54 Å². The topological polar surface area (TPSA) is 15.3 Å². The molecule has 0 saturated carbocycles. The zero-order valence-electron chi connectivity index (χ0n) is 12.3. The molecule has 1 fully saturated rings. The zero-order valence-corrected chi connectivity index (χ0v) is 13.1. The van der Waals surface area contributed by atoms with Gasteiger partial charge in [0.15, 0.2) is 0 Å². The predicted octanol–water partition coefficient (Wildman–Crippen LogP) is 4.08. The molecule has 0 atom stereocenters. The monoisotopic (exact) mass is 280 g/mol. The van der Waals surface area contributed by atoms with Crippen LogP contribution in [0.5, 0.6) is 0 Å². The first-order chi connectivity index (χ1) is 9.02. The van der Waals surface area contributed by atoms with Crippen molar-refractivity contribution in [3.63, 3.8) is 0 Å². The summed E-state index contributed by atoms with van der Waals surface area (Å²) < 4.78 is 0. The maximum Gasteiger partial charge on any atom is 0.0642 e. The van der Waals surface area contributed by atoms with Crippen molar-refractivity contribution in [2.24, 2.45) is 5.41 Å². The molecule has 0 spiro atoms. The summed E-state index contributed by atoms with van der Waals surface area (Å²) in [6.07, 6.45) is 2.40. The summed E-state index contributed by atoms with van der Waals surface area (Å²) in [7, 11) is 0. The molecule has 0 unspecified atom stereocenters. The van der Waals surface area contributed by atoms with Gasteiger partial charge >= 0.3 is 0 Å². The molecule has 1 N–H and O–H groups in total. The van der Waals surface area contributed by atoms with E-state index in [0.717, 1.165) is 37.6 Å². The van der Waals surface area contributed by atoms with Gasteiger partial charge in [-0.1, -0.05) is 38.4 Å². The number of anilines is 1. The van der Waals surface area contributed by atoms with Gasteiger partial charge in [0.2, 0.25) is 0 Å². The lowest BCUT2D eigenvalue weighted by molar-refractivity contribution is 0.418. The van der Waals surface area contributed by atoms with E-state index < -0.39 is 0 Å². The summed E-state index contributed by atoms with van der Waals surface area (Å²) in [5.74, 6) is 0. The number of nitrogens with one attached hydrogen (secondary N) is 1. The van der Waals surface area contributed by atoms with Crippen LogP contribution in [0.3, 0.4) is 0 Å². The summed E-state index contributed by atoms with van der Waals surface area (Å²) in [6, 6.07) is 6.47. The van der Waals surface area contributed by atoms with Crippen molar-refractivity contribution < 1.29 is 0 Å². The van der Waals surface area contributed by atoms with E-state index in [0.29, 0.717) is 5.41 Å². The fourth-order valence-corrected chi connectivity index (χ4v) is 2.97. The van der Waals surface area contributed by atoms with E-state index in [4.69, 9.17) is 11.6 Å². The Morgan fingerprint density at radius 3 is 2.74 bits per heavy atom. The summed E-state index contributed by atoms with van der Waals surface area (Å²) in [6.45, 7) is 11.0. The lowest BCUT2D eigenvalue weighted by atomic mass is 9.93. The van der Waals surface area contributed by atoms with Crippen molar-refractivity contribution in [2.75, 3.05) is 24.5 Å². The van der Waals surface area contributed by atoms with E-state index >= 15 is 0 Å². The fraction of sp³-hybridized carbons (Fsp3) is 0.625. The lowest BCUT2D eigenvalue weighted by Gasteiger charge is -2.23. The Balaban J connectivity index is 2.03. The molecule has 19 heavy (non-hydrogen) atoms. The Bertz CT molecular complexity index is 429. The Morgan fingerprint density at radius 2 is 2.16 bits per heavy atom. The standard InChI is InChI=1S/C16H25ClN2/c1-4-8-18-11-13-5-6-15(14(17)10-13)19-9-7-16(2,3)12-19/h5-6,10,18H,4,7-9,11-12H2,1-3H3. The van der Waals surface area contributed by atoms with Crippen LogP contribution >= 0.6 is 11.6 Å². The van der Waals surface area contributed by atoms with Crippen molar-refractivity contribution in [1.29, 1.82) is 0 Å². The third-order valence-electron chi connectivity index (χ3n) is 3.79. The van der Waals surface area contributed by atoms with Crippen LogP contribution in [0, 0.1) is 5.41 Å². The quantitative estimate of drug-likeness (QED) is 0.818. The molecule has 2 nitrogen and oxygen atoms in total. The molecule has 1 aromatic rings. The normalized spacial score (nSPS) is 18.0. The first-order valence-corrected chi connectivity index (χ1v) is 7.64. The van der Waals surface area contributed by atoms with Crippen molar-refractivity contribution in [3.05, 3.63) is 28.8 Å². The van der Waals surface area contributed by atoms with Crippen molar-refractivity contribution in [2.45, 2.75) is 40.2 Å². The van der Waals surface area contributed by atoms with Gasteiger partial charge in [-0.15, -0.1) is 0 Å². The van der Waals surface area contributed by atoms with E-state index in [2.05, 4.69) is 49.2 Å². The molecule has 2 rings (SSSR count). The van der Waals surface area contributed by atoms with Crippen molar-refractivity contribution in [3.8, 4) is 0 Å². The van der Waals surface area contributed by atoms with Crippen molar-refractivity contribution >= 4 is 17.3 Å². The lowest BCUT2D eigenvalue weighted by Crippen LogP contribution is -2.23. The van der Waals surface area contributed by atoms with Crippen LogP contribution in [0.25, 0.3) is 0 Å². The molecule has 0 radical (unpaired) electrons. The molecule has 0 bridgehead atoms. The minimum absolute atomic E-state index is 0.407. The second-order valence-electron chi connectivity index (χ2n) is 6.30. The maximum atomic E-state index is 6.45. The molecule has 0 aromatic heterocycles. The zero-order chi connectivity index (χ0) is 13.9. The Kier molecular flexibility index (Phi) is 4.75. The summed E-state index contributed by atoms with van der Waals surface area (Å²) in [5, 5.41) is 4.29. The first kappa shape index (κ1) is 14.7. The number of nitrogens with zero attached hydrogens (tertiary/aromatic N) is 1.